The average Bonchev–Trinajstić information content (AvgIpc) is 2.78. The number of ether oxygens (including phenoxy) is 4. The van der Waals surface area contributed by atoms with Gasteiger partial charge >= 0.3 is 0 Å². The number of guanidine groups is 1. The van der Waals surface area contributed by atoms with Gasteiger partial charge in [-0.3, -0.25) is 4.99 Å². The molecule has 0 saturated heterocycles. The van der Waals surface area contributed by atoms with Gasteiger partial charge in [-0.05, 0) is 37.0 Å². The molecule has 0 spiro atoms. The van der Waals surface area contributed by atoms with Crippen LogP contribution in [-0.4, -0.2) is 54.5 Å². The zero-order valence-electron chi connectivity index (χ0n) is 18.8. The Morgan fingerprint density at radius 2 is 1.40 bits per heavy atom. The van der Waals surface area contributed by atoms with Gasteiger partial charge in [-0.15, -0.1) is 0 Å². The van der Waals surface area contributed by atoms with Gasteiger partial charge in [-0.25, -0.2) is 0 Å². The van der Waals surface area contributed by atoms with Crippen molar-refractivity contribution >= 4 is 5.96 Å². The third-order valence-corrected chi connectivity index (χ3v) is 4.89. The zero-order chi connectivity index (χ0) is 21.9. The summed E-state index contributed by atoms with van der Waals surface area (Å²) in [6.45, 7) is 3.48. The highest BCUT2D eigenvalue weighted by Crippen LogP contribution is 2.34. The average molecular weight is 416 g/mol. The van der Waals surface area contributed by atoms with Gasteiger partial charge < -0.3 is 29.6 Å². The predicted octanol–water partition coefficient (Wildman–Crippen LogP) is 2.98. The molecule has 0 radical (unpaired) electrons. The lowest BCUT2D eigenvalue weighted by Gasteiger charge is -2.16. The summed E-state index contributed by atoms with van der Waals surface area (Å²) < 4.78 is 21.7. The smallest absolute Gasteiger partial charge is 0.190 e. The standard InChI is InChI=1S/C23H33N3O4/c1-16-7-8-17(13-20(16)28-4)9-11-25-23(24-2)26-12-10-19-21(29-5)14-18(27-3)15-22(19)30-6/h7-8,13-15H,9-12H2,1-6H3,(H2,24,25,26). The number of aryl methyl sites for hydroxylation is 1. The van der Waals surface area contributed by atoms with Crippen molar-refractivity contribution in [3.63, 3.8) is 0 Å². The minimum Gasteiger partial charge on any atom is -0.496 e. The number of aliphatic imine (C=N–C) groups is 1. The normalized spacial score (nSPS) is 11.1. The Morgan fingerprint density at radius 3 is 1.93 bits per heavy atom. The molecule has 164 valence electrons. The number of methoxy groups -OCH3 is 4. The van der Waals surface area contributed by atoms with Crippen LogP contribution in [0, 0.1) is 6.92 Å². The molecule has 0 heterocycles. The van der Waals surface area contributed by atoms with E-state index in [1.54, 1.807) is 35.5 Å². The molecule has 0 atom stereocenters. The highest BCUT2D eigenvalue weighted by Gasteiger charge is 2.13. The molecular weight excluding hydrogens is 382 g/mol. The van der Waals surface area contributed by atoms with Crippen molar-refractivity contribution in [1.82, 2.24) is 10.6 Å². The maximum absolute atomic E-state index is 5.51. The number of benzene rings is 2. The molecule has 7 nitrogen and oxygen atoms in total. The highest BCUT2D eigenvalue weighted by atomic mass is 16.5. The van der Waals surface area contributed by atoms with E-state index in [2.05, 4.69) is 33.8 Å². The monoisotopic (exact) mass is 415 g/mol. The first kappa shape index (κ1) is 23.2. The number of rotatable bonds is 10. The molecule has 2 rings (SSSR count). The lowest BCUT2D eigenvalue weighted by molar-refractivity contribution is 0.368. The van der Waals surface area contributed by atoms with Crippen molar-refractivity contribution in [2.24, 2.45) is 4.99 Å². The third-order valence-electron chi connectivity index (χ3n) is 4.89. The first-order chi connectivity index (χ1) is 14.6. The Kier molecular flexibility index (Phi) is 9.12. The molecule has 2 aromatic rings. The fourth-order valence-electron chi connectivity index (χ4n) is 3.20. The minimum atomic E-state index is 0.678. The zero-order valence-corrected chi connectivity index (χ0v) is 18.8. The van der Waals surface area contributed by atoms with E-state index in [-0.39, 0.29) is 0 Å². The van der Waals surface area contributed by atoms with Gasteiger partial charge in [0.05, 0.1) is 28.4 Å². The lowest BCUT2D eigenvalue weighted by atomic mass is 10.1. The minimum absolute atomic E-state index is 0.678. The SMILES string of the molecule is CN=C(NCCc1ccc(C)c(OC)c1)NCCc1c(OC)cc(OC)cc1OC. The van der Waals surface area contributed by atoms with Gasteiger partial charge in [-0.2, -0.15) is 0 Å². The molecule has 7 heteroatoms. The second-order valence-corrected chi connectivity index (χ2v) is 6.74. The summed E-state index contributed by atoms with van der Waals surface area (Å²) in [5.41, 5.74) is 3.33. The molecule has 30 heavy (non-hydrogen) atoms. The van der Waals surface area contributed by atoms with E-state index in [0.717, 1.165) is 47.3 Å². The van der Waals surface area contributed by atoms with Gasteiger partial charge in [0, 0.05) is 37.8 Å². The largest absolute Gasteiger partial charge is 0.496 e. The van der Waals surface area contributed by atoms with Crippen LogP contribution in [-0.2, 0) is 12.8 Å². The fourth-order valence-corrected chi connectivity index (χ4v) is 3.20. The summed E-state index contributed by atoms with van der Waals surface area (Å²) in [7, 11) is 8.37. The van der Waals surface area contributed by atoms with Gasteiger partial charge in [-0.1, -0.05) is 12.1 Å². The molecule has 0 saturated carbocycles. The Labute approximate surface area is 179 Å². The van der Waals surface area contributed by atoms with Crippen molar-refractivity contribution < 1.29 is 18.9 Å². The third kappa shape index (κ3) is 6.20. The van der Waals surface area contributed by atoms with E-state index in [9.17, 15) is 0 Å². The maximum Gasteiger partial charge on any atom is 0.190 e. The van der Waals surface area contributed by atoms with Crippen LogP contribution in [0.4, 0.5) is 0 Å². The van der Waals surface area contributed by atoms with Crippen LogP contribution in [0.1, 0.15) is 16.7 Å². The van der Waals surface area contributed by atoms with Crippen LogP contribution in [0.2, 0.25) is 0 Å². The molecule has 0 aromatic heterocycles. The summed E-state index contributed by atoms with van der Waals surface area (Å²) in [6.07, 6.45) is 1.59. The predicted molar refractivity (Wildman–Crippen MR) is 121 cm³/mol. The van der Waals surface area contributed by atoms with Gasteiger partial charge in [0.25, 0.3) is 0 Å². The van der Waals surface area contributed by atoms with Crippen LogP contribution >= 0.6 is 0 Å². The molecule has 0 aliphatic heterocycles. The van der Waals surface area contributed by atoms with Crippen molar-refractivity contribution in [2.45, 2.75) is 19.8 Å². The van der Waals surface area contributed by atoms with Crippen molar-refractivity contribution in [1.29, 1.82) is 0 Å². The van der Waals surface area contributed by atoms with Gasteiger partial charge in [0.15, 0.2) is 5.96 Å². The molecule has 0 aliphatic rings. The molecule has 0 fully saturated rings. The van der Waals surface area contributed by atoms with E-state index in [0.29, 0.717) is 18.7 Å². The lowest BCUT2D eigenvalue weighted by Crippen LogP contribution is -2.39. The van der Waals surface area contributed by atoms with Crippen LogP contribution < -0.4 is 29.6 Å². The molecule has 0 amide bonds. The first-order valence-corrected chi connectivity index (χ1v) is 9.93. The summed E-state index contributed by atoms with van der Waals surface area (Å²) in [4.78, 5) is 4.30. The molecule has 2 N–H and O–H groups in total. The van der Waals surface area contributed by atoms with Crippen molar-refractivity contribution in [2.75, 3.05) is 48.6 Å². The van der Waals surface area contributed by atoms with Crippen LogP contribution in [0.15, 0.2) is 35.3 Å². The Balaban J connectivity index is 1.89. The molecule has 0 bridgehead atoms. The maximum atomic E-state index is 5.51. The molecular formula is C23H33N3O4. The summed E-state index contributed by atoms with van der Waals surface area (Å²) in [6, 6.07) is 10.0. The van der Waals surface area contributed by atoms with Gasteiger partial charge in [0.1, 0.15) is 23.0 Å². The van der Waals surface area contributed by atoms with Crippen LogP contribution in [0.5, 0.6) is 23.0 Å². The van der Waals surface area contributed by atoms with E-state index in [1.165, 1.54) is 5.56 Å². The Bertz CT molecular complexity index is 827. The summed E-state index contributed by atoms with van der Waals surface area (Å²) >= 11 is 0. The Morgan fingerprint density at radius 1 is 0.800 bits per heavy atom. The molecule has 0 aliphatic carbocycles. The number of nitrogens with zero attached hydrogens (tertiary/aromatic N) is 1. The van der Waals surface area contributed by atoms with Crippen molar-refractivity contribution in [3.05, 3.63) is 47.0 Å². The van der Waals surface area contributed by atoms with Crippen LogP contribution in [0.3, 0.4) is 0 Å². The molecule has 2 aromatic carbocycles. The highest BCUT2D eigenvalue weighted by molar-refractivity contribution is 5.79. The number of hydrogen-bond donors (Lipinski definition) is 2. The fraction of sp³-hybridized carbons (Fsp3) is 0.435. The number of nitrogens with one attached hydrogen (secondary N) is 2. The van der Waals surface area contributed by atoms with Gasteiger partial charge in [0.2, 0.25) is 0 Å². The quantitative estimate of drug-likeness (QED) is 0.459. The molecule has 0 unspecified atom stereocenters. The second kappa shape index (κ2) is 11.8. The van der Waals surface area contributed by atoms with E-state index in [1.807, 2.05) is 19.1 Å². The Hall–Kier alpha value is -3.09. The second-order valence-electron chi connectivity index (χ2n) is 6.74. The summed E-state index contributed by atoms with van der Waals surface area (Å²) in [5, 5.41) is 6.69. The summed E-state index contributed by atoms with van der Waals surface area (Å²) in [5.74, 6) is 3.84. The first-order valence-electron chi connectivity index (χ1n) is 9.93. The van der Waals surface area contributed by atoms with E-state index < -0.39 is 0 Å². The van der Waals surface area contributed by atoms with E-state index in [4.69, 9.17) is 18.9 Å². The topological polar surface area (TPSA) is 73.3 Å². The number of hydrogen-bond acceptors (Lipinski definition) is 5. The van der Waals surface area contributed by atoms with Crippen molar-refractivity contribution in [3.8, 4) is 23.0 Å². The van der Waals surface area contributed by atoms with E-state index >= 15 is 0 Å². The van der Waals surface area contributed by atoms with Crippen LogP contribution in [0.25, 0.3) is 0 Å².